The summed E-state index contributed by atoms with van der Waals surface area (Å²) in [6, 6.07) is 6.29. The van der Waals surface area contributed by atoms with Crippen molar-refractivity contribution in [3.8, 4) is 11.3 Å². The van der Waals surface area contributed by atoms with Crippen LogP contribution in [0.15, 0.2) is 35.3 Å². The van der Waals surface area contributed by atoms with Gasteiger partial charge in [-0.15, -0.1) is 0 Å². The minimum Gasteiger partial charge on any atom is -0.389 e. The lowest BCUT2D eigenvalue weighted by atomic mass is 10.0. The van der Waals surface area contributed by atoms with Crippen LogP contribution in [-0.2, 0) is 4.74 Å². The van der Waals surface area contributed by atoms with Crippen LogP contribution in [0.1, 0.15) is 36.8 Å². The largest absolute Gasteiger partial charge is 0.389 e. The van der Waals surface area contributed by atoms with E-state index in [1.54, 1.807) is 28.8 Å². The SMILES string of the molecule is CNC(=O)c1c(-c2nc(N[C@@H]3CCOC[C@H]3O)ncc2F)c(=O)c2ccccc2n1C(C)C. The Morgan fingerprint density at radius 3 is 2.79 bits per heavy atom. The number of nitrogens with one attached hydrogen (secondary N) is 2. The number of pyridine rings is 1. The number of hydrogen-bond donors (Lipinski definition) is 3. The molecule has 0 unspecified atom stereocenters. The Bertz CT molecular complexity index is 1260. The molecule has 10 heteroatoms. The van der Waals surface area contributed by atoms with Crippen molar-refractivity contribution in [2.45, 2.75) is 38.5 Å². The first-order chi connectivity index (χ1) is 15.8. The summed E-state index contributed by atoms with van der Waals surface area (Å²) in [4.78, 5) is 34.8. The van der Waals surface area contributed by atoms with Crippen molar-refractivity contribution in [3.05, 3.63) is 52.2 Å². The normalized spacial score (nSPS) is 18.5. The maximum Gasteiger partial charge on any atom is 0.268 e. The van der Waals surface area contributed by atoms with Gasteiger partial charge < -0.3 is 25.0 Å². The molecule has 4 rings (SSSR count). The van der Waals surface area contributed by atoms with E-state index in [2.05, 4.69) is 20.6 Å². The lowest BCUT2D eigenvalue weighted by Gasteiger charge is -2.28. The molecule has 3 heterocycles. The van der Waals surface area contributed by atoms with Crippen molar-refractivity contribution < 1.29 is 19.0 Å². The fraction of sp³-hybridized carbons (Fsp3) is 0.391. The van der Waals surface area contributed by atoms with E-state index in [0.29, 0.717) is 23.9 Å². The van der Waals surface area contributed by atoms with Gasteiger partial charge >= 0.3 is 0 Å². The number of rotatable bonds is 5. The van der Waals surface area contributed by atoms with E-state index in [0.717, 1.165) is 6.20 Å². The Labute approximate surface area is 189 Å². The number of aromatic nitrogens is 3. The molecule has 2 atom stereocenters. The summed E-state index contributed by atoms with van der Waals surface area (Å²) in [5.41, 5.74) is -0.338. The summed E-state index contributed by atoms with van der Waals surface area (Å²) >= 11 is 0. The molecule has 3 N–H and O–H groups in total. The number of nitrogens with zero attached hydrogens (tertiary/aromatic N) is 3. The molecular formula is C23H26FN5O4. The Kier molecular flexibility index (Phi) is 6.39. The summed E-state index contributed by atoms with van der Waals surface area (Å²) in [7, 11) is 1.45. The van der Waals surface area contributed by atoms with Crippen LogP contribution in [0.2, 0.25) is 0 Å². The Morgan fingerprint density at radius 2 is 2.09 bits per heavy atom. The van der Waals surface area contributed by atoms with E-state index in [1.807, 2.05) is 13.8 Å². The lowest BCUT2D eigenvalue weighted by molar-refractivity contribution is -0.0136. The molecule has 1 amide bonds. The van der Waals surface area contributed by atoms with E-state index in [4.69, 9.17) is 4.74 Å². The summed E-state index contributed by atoms with van der Waals surface area (Å²) in [6.45, 7) is 4.37. The standard InChI is InChI=1S/C23H26FN5O4/c1-12(2)29-16-7-5-4-6-13(16)21(31)18(20(29)22(32)25-3)19-14(24)10-26-23(28-19)27-15-8-9-33-11-17(15)30/h4-7,10,12,15,17,30H,8-9,11H2,1-3H3,(H,25,32)(H,26,27,28)/t15-,17-/m1/s1. The molecule has 174 valence electrons. The molecule has 0 spiro atoms. The monoisotopic (exact) mass is 455 g/mol. The van der Waals surface area contributed by atoms with Gasteiger partial charge in [0.15, 0.2) is 11.2 Å². The van der Waals surface area contributed by atoms with Crippen LogP contribution in [0.4, 0.5) is 10.3 Å². The van der Waals surface area contributed by atoms with Gasteiger partial charge in [-0.3, -0.25) is 9.59 Å². The number of benzene rings is 1. The quantitative estimate of drug-likeness (QED) is 0.539. The summed E-state index contributed by atoms with van der Waals surface area (Å²) in [5.74, 6) is -1.32. The van der Waals surface area contributed by atoms with Crippen molar-refractivity contribution in [1.82, 2.24) is 19.9 Å². The Hall–Kier alpha value is -3.37. The number of aliphatic hydroxyl groups excluding tert-OH is 1. The Balaban J connectivity index is 1.97. The third kappa shape index (κ3) is 4.19. The van der Waals surface area contributed by atoms with Gasteiger partial charge in [0.1, 0.15) is 11.4 Å². The van der Waals surface area contributed by atoms with Gasteiger partial charge in [0.25, 0.3) is 5.91 Å². The minimum absolute atomic E-state index is 0.0193. The van der Waals surface area contributed by atoms with Crippen LogP contribution >= 0.6 is 0 Å². The fourth-order valence-electron chi connectivity index (χ4n) is 4.13. The van der Waals surface area contributed by atoms with Crippen molar-refractivity contribution >= 4 is 22.8 Å². The Morgan fingerprint density at radius 1 is 1.33 bits per heavy atom. The molecule has 3 aromatic rings. The molecule has 1 fully saturated rings. The predicted octanol–water partition coefficient (Wildman–Crippen LogP) is 2.10. The topological polar surface area (TPSA) is 118 Å². The second-order valence-electron chi connectivity index (χ2n) is 8.18. The van der Waals surface area contributed by atoms with Crippen molar-refractivity contribution in [2.75, 3.05) is 25.6 Å². The van der Waals surface area contributed by atoms with E-state index in [1.165, 1.54) is 7.05 Å². The summed E-state index contributed by atoms with van der Waals surface area (Å²) in [5, 5.41) is 16.1. The molecule has 0 bridgehead atoms. The third-order valence-electron chi connectivity index (χ3n) is 5.69. The number of carbonyl (C=O) groups is 1. The first-order valence-corrected chi connectivity index (χ1v) is 10.8. The van der Waals surface area contributed by atoms with Gasteiger partial charge in [0.2, 0.25) is 5.95 Å². The predicted molar refractivity (Wildman–Crippen MR) is 122 cm³/mol. The highest BCUT2D eigenvalue weighted by molar-refractivity contribution is 6.02. The van der Waals surface area contributed by atoms with Gasteiger partial charge in [-0.05, 0) is 32.4 Å². The molecule has 1 aliphatic rings. The molecule has 1 aliphatic heterocycles. The van der Waals surface area contributed by atoms with Crippen LogP contribution in [-0.4, -0.2) is 58.0 Å². The number of carbonyl (C=O) groups excluding carboxylic acids is 1. The molecular weight excluding hydrogens is 429 g/mol. The second kappa shape index (κ2) is 9.24. The number of halogens is 1. The average molecular weight is 455 g/mol. The number of amides is 1. The van der Waals surface area contributed by atoms with Crippen LogP contribution < -0.4 is 16.1 Å². The molecule has 9 nitrogen and oxygen atoms in total. The maximum atomic E-state index is 15.1. The lowest BCUT2D eigenvalue weighted by Crippen LogP contribution is -2.42. The highest BCUT2D eigenvalue weighted by atomic mass is 19.1. The third-order valence-corrected chi connectivity index (χ3v) is 5.69. The molecule has 33 heavy (non-hydrogen) atoms. The number of hydrogen-bond acceptors (Lipinski definition) is 7. The number of para-hydroxylation sites is 1. The molecule has 2 aromatic heterocycles. The maximum absolute atomic E-state index is 15.1. The molecule has 1 saturated heterocycles. The summed E-state index contributed by atoms with van der Waals surface area (Å²) < 4.78 is 22.0. The molecule has 0 aliphatic carbocycles. The average Bonchev–Trinajstić information content (AvgIpc) is 2.81. The number of fused-ring (bicyclic) bond motifs is 1. The zero-order valence-corrected chi connectivity index (χ0v) is 18.6. The second-order valence-corrected chi connectivity index (χ2v) is 8.18. The van der Waals surface area contributed by atoms with Crippen LogP contribution in [0.3, 0.4) is 0 Å². The number of anilines is 1. The molecule has 0 radical (unpaired) electrons. The van der Waals surface area contributed by atoms with Crippen LogP contribution in [0, 0.1) is 5.82 Å². The van der Waals surface area contributed by atoms with Gasteiger partial charge in [-0.25, -0.2) is 14.4 Å². The van der Waals surface area contributed by atoms with Crippen molar-refractivity contribution in [3.63, 3.8) is 0 Å². The van der Waals surface area contributed by atoms with Crippen LogP contribution in [0.25, 0.3) is 22.2 Å². The smallest absolute Gasteiger partial charge is 0.268 e. The molecule has 0 saturated carbocycles. The van der Waals surface area contributed by atoms with E-state index in [-0.39, 0.29) is 41.6 Å². The first-order valence-electron chi connectivity index (χ1n) is 10.8. The minimum atomic E-state index is -0.832. The van der Waals surface area contributed by atoms with Gasteiger partial charge in [0, 0.05) is 25.1 Å². The fourth-order valence-corrected chi connectivity index (χ4v) is 4.13. The highest BCUT2D eigenvalue weighted by Gasteiger charge is 2.29. The summed E-state index contributed by atoms with van der Waals surface area (Å²) in [6.07, 6.45) is 0.686. The van der Waals surface area contributed by atoms with Gasteiger partial charge in [0.05, 0.1) is 36.0 Å². The van der Waals surface area contributed by atoms with E-state index in [9.17, 15) is 14.7 Å². The zero-order chi connectivity index (χ0) is 23.7. The number of ether oxygens (including phenoxy) is 1. The van der Waals surface area contributed by atoms with Gasteiger partial charge in [-0.1, -0.05) is 12.1 Å². The van der Waals surface area contributed by atoms with Crippen molar-refractivity contribution in [2.24, 2.45) is 0 Å². The van der Waals surface area contributed by atoms with Gasteiger partial charge in [-0.2, -0.15) is 0 Å². The van der Waals surface area contributed by atoms with E-state index >= 15 is 4.39 Å². The van der Waals surface area contributed by atoms with Crippen LogP contribution in [0.5, 0.6) is 0 Å². The number of aliphatic hydroxyl groups is 1. The molecule has 1 aromatic carbocycles. The highest BCUT2D eigenvalue weighted by Crippen LogP contribution is 2.29. The first kappa shape index (κ1) is 22.8. The zero-order valence-electron chi connectivity index (χ0n) is 18.6. The van der Waals surface area contributed by atoms with E-state index < -0.39 is 23.3 Å². The van der Waals surface area contributed by atoms with Crippen molar-refractivity contribution in [1.29, 1.82) is 0 Å².